The van der Waals surface area contributed by atoms with Crippen LogP contribution >= 0.6 is 0 Å². The first-order valence-electron chi connectivity index (χ1n) is 9.76. The number of benzene rings is 1. The molecule has 2 heterocycles. The summed E-state index contributed by atoms with van der Waals surface area (Å²) in [5, 5.41) is 2.91. The molecule has 1 saturated heterocycles. The van der Waals surface area contributed by atoms with E-state index in [0.29, 0.717) is 18.2 Å². The van der Waals surface area contributed by atoms with Crippen LogP contribution in [0.3, 0.4) is 0 Å². The predicted octanol–water partition coefficient (Wildman–Crippen LogP) is 3.41. The topological polar surface area (TPSA) is 48.5 Å². The molecule has 1 N–H and O–H groups in total. The van der Waals surface area contributed by atoms with Crippen molar-refractivity contribution in [1.29, 1.82) is 0 Å². The molecule has 1 aromatic heterocycles. The Bertz CT molecular complexity index is 777. The highest BCUT2D eigenvalue weighted by atomic mass is 16.1. The molecule has 0 spiro atoms. The van der Waals surface area contributed by atoms with Gasteiger partial charge in [-0.1, -0.05) is 26.0 Å². The van der Waals surface area contributed by atoms with Gasteiger partial charge in [0.1, 0.15) is 5.69 Å². The third-order valence-electron chi connectivity index (χ3n) is 5.21. The molecule has 144 valence electrons. The first-order chi connectivity index (χ1) is 13.0. The lowest BCUT2D eigenvalue weighted by Crippen LogP contribution is -2.46. The van der Waals surface area contributed by atoms with Crippen LogP contribution in [0.2, 0.25) is 0 Å². The number of rotatable bonds is 5. The van der Waals surface area contributed by atoms with Crippen molar-refractivity contribution in [2.24, 2.45) is 5.92 Å². The third kappa shape index (κ3) is 4.59. The van der Waals surface area contributed by atoms with Gasteiger partial charge >= 0.3 is 0 Å². The molecule has 3 rings (SSSR count). The number of aryl methyl sites for hydroxylation is 1. The Morgan fingerprint density at radius 3 is 2.41 bits per heavy atom. The molecule has 0 unspecified atom stereocenters. The Kier molecular flexibility index (Phi) is 5.99. The van der Waals surface area contributed by atoms with Crippen molar-refractivity contribution in [3.8, 4) is 0 Å². The van der Waals surface area contributed by atoms with Gasteiger partial charge in [-0.25, -0.2) is 4.98 Å². The van der Waals surface area contributed by atoms with Gasteiger partial charge in [-0.2, -0.15) is 0 Å². The molecule has 0 radical (unpaired) electrons. The average Bonchev–Trinajstić information content (AvgIpc) is 2.68. The summed E-state index contributed by atoms with van der Waals surface area (Å²) in [5.41, 5.74) is 5.60. The molecule has 0 atom stereocenters. The fourth-order valence-electron chi connectivity index (χ4n) is 3.38. The third-order valence-corrected chi connectivity index (χ3v) is 5.21. The Morgan fingerprint density at radius 1 is 1.07 bits per heavy atom. The highest BCUT2D eigenvalue weighted by Gasteiger charge is 2.19. The van der Waals surface area contributed by atoms with E-state index in [0.717, 1.165) is 31.9 Å². The summed E-state index contributed by atoms with van der Waals surface area (Å²) in [6.45, 7) is 13.1. The van der Waals surface area contributed by atoms with E-state index in [1.54, 1.807) is 0 Å². The van der Waals surface area contributed by atoms with Gasteiger partial charge in [0.05, 0.1) is 11.9 Å². The molecule has 1 fully saturated rings. The summed E-state index contributed by atoms with van der Waals surface area (Å²) in [7, 11) is 0. The molecule has 1 amide bonds. The summed E-state index contributed by atoms with van der Waals surface area (Å²) >= 11 is 0. The number of piperazine rings is 1. The molecule has 2 aromatic rings. The van der Waals surface area contributed by atoms with Crippen molar-refractivity contribution in [2.75, 3.05) is 42.5 Å². The summed E-state index contributed by atoms with van der Waals surface area (Å²) in [5.74, 6) is 0.330. The molecule has 1 aliphatic heterocycles. The highest BCUT2D eigenvalue weighted by Crippen LogP contribution is 2.25. The summed E-state index contributed by atoms with van der Waals surface area (Å²) in [4.78, 5) is 21.3. The minimum Gasteiger partial charge on any atom is -0.368 e. The van der Waals surface area contributed by atoms with Crippen LogP contribution in [0.25, 0.3) is 0 Å². The van der Waals surface area contributed by atoms with Gasteiger partial charge in [-0.15, -0.1) is 0 Å². The van der Waals surface area contributed by atoms with E-state index in [4.69, 9.17) is 0 Å². The van der Waals surface area contributed by atoms with Gasteiger partial charge in [0.15, 0.2) is 0 Å². The van der Waals surface area contributed by atoms with E-state index in [9.17, 15) is 4.79 Å². The van der Waals surface area contributed by atoms with E-state index in [1.807, 2.05) is 18.3 Å². The van der Waals surface area contributed by atoms with Crippen LogP contribution in [-0.2, 0) is 0 Å². The lowest BCUT2D eigenvalue weighted by atomic mass is 10.1. The minimum absolute atomic E-state index is 0.102. The molecule has 1 aromatic carbocycles. The fourth-order valence-corrected chi connectivity index (χ4v) is 3.38. The number of carbonyl (C=O) groups excluding carboxylic acids is 1. The Morgan fingerprint density at radius 2 is 1.78 bits per heavy atom. The maximum absolute atomic E-state index is 12.1. The van der Waals surface area contributed by atoms with Crippen molar-refractivity contribution in [1.82, 2.24) is 10.3 Å². The number of nitrogens with zero attached hydrogens (tertiary/aromatic N) is 3. The Balaban J connectivity index is 1.59. The Hall–Kier alpha value is -2.56. The number of nitrogens with one attached hydrogen (secondary N) is 1. The number of hydrogen-bond acceptors (Lipinski definition) is 4. The van der Waals surface area contributed by atoms with E-state index in [-0.39, 0.29) is 5.91 Å². The molecule has 0 saturated carbocycles. The van der Waals surface area contributed by atoms with Crippen molar-refractivity contribution >= 4 is 17.3 Å². The van der Waals surface area contributed by atoms with Gasteiger partial charge in [0.25, 0.3) is 5.91 Å². The van der Waals surface area contributed by atoms with Crippen molar-refractivity contribution in [3.63, 3.8) is 0 Å². The maximum atomic E-state index is 12.1. The number of hydrogen-bond donors (Lipinski definition) is 1. The molecule has 27 heavy (non-hydrogen) atoms. The number of amides is 1. The van der Waals surface area contributed by atoms with Crippen LogP contribution in [0.4, 0.5) is 11.4 Å². The summed E-state index contributed by atoms with van der Waals surface area (Å²) in [6.07, 6.45) is 1.82. The van der Waals surface area contributed by atoms with Gasteiger partial charge in [0.2, 0.25) is 0 Å². The van der Waals surface area contributed by atoms with Gasteiger partial charge in [0, 0.05) is 38.4 Å². The monoisotopic (exact) mass is 366 g/mol. The summed E-state index contributed by atoms with van der Waals surface area (Å²) in [6, 6.07) is 10.3. The first kappa shape index (κ1) is 19.2. The highest BCUT2D eigenvalue weighted by molar-refractivity contribution is 5.92. The Labute approximate surface area is 162 Å². The lowest BCUT2D eigenvalue weighted by molar-refractivity contribution is 0.0944. The number of anilines is 2. The van der Waals surface area contributed by atoms with E-state index >= 15 is 0 Å². The van der Waals surface area contributed by atoms with Crippen molar-refractivity contribution in [2.45, 2.75) is 27.7 Å². The quantitative estimate of drug-likeness (QED) is 0.881. The van der Waals surface area contributed by atoms with E-state index in [1.165, 1.54) is 16.8 Å². The van der Waals surface area contributed by atoms with E-state index < -0.39 is 0 Å². The smallest absolute Gasteiger partial charge is 0.269 e. The first-order valence-corrected chi connectivity index (χ1v) is 9.76. The average molecular weight is 367 g/mol. The zero-order valence-corrected chi connectivity index (χ0v) is 16.8. The predicted molar refractivity (Wildman–Crippen MR) is 112 cm³/mol. The van der Waals surface area contributed by atoms with Crippen molar-refractivity contribution < 1.29 is 4.79 Å². The van der Waals surface area contributed by atoms with Crippen LogP contribution in [0.15, 0.2) is 36.5 Å². The van der Waals surface area contributed by atoms with Crippen LogP contribution in [0, 0.1) is 19.8 Å². The number of aromatic nitrogens is 1. The van der Waals surface area contributed by atoms with Gasteiger partial charge in [-0.3, -0.25) is 4.79 Å². The number of carbonyl (C=O) groups is 1. The van der Waals surface area contributed by atoms with Gasteiger partial charge in [-0.05, 0) is 49.1 Å². The number of pyridine rings is 1. The normalized spacial score (nSPS) is 14.6. The molecule has 1 aliphatic rings. The van der Waals surface area contributed by atoms with E-state index in [2.05, 4.69) is 66.0 Å². The zero-order valence-electron chi connectivity index (χ0n) is 16.8. The van der Waals surface area contributed by atoms with Crippen LogP contribution in [0.5, 0.6) is 0 Å². The summed E-state index contributed by atoms with van der Waals surface area (Å²) < 4.78 is 0. The second-order valence-corrected chi connectivity index (χ2v) is 7.70. The van der Waals surface area contributed by atoms with Crippen LogP contribution in [0.1, 0.15) is 35.5 Å². The minimum atomic E-state index is -0.102. The van der Waals surface area contributed by atoms with Crippen molar-refractivity contribution in [3.05, 3.63) is 53.3 Å². The SMILES string of the molecule is Cc1cccc(N2CCN(c3ccc(C(=O)NCC(C)C)nc3)CC2)c1C. The van der Waals surface area contributed by atoms with Gasteiger partial charge < -0.3 is 15.1 Å². The lowest BCUT2D eigenvalue weighted by Gasteiger charge is -2.38. The van der Waals surface area contributed by atoms with Crippen LogP contribution < -0.4 is 15.1 Å². The maximum Gasteiger partial charge on any atom is 0.269 e. The molecular weight excluding hydrogens is 336 g/mol. The molecule has 0 bridgehead atoms. The fraction of sp³-hybridized carbons (Fsp3) is 0.455. The van der Waals surface area contributed by atoms with Crippen LogP contribution in [-0.4, -0.2) is 43.6 Å². The second kappa shape index (κ2) is 8.42. The standard InChI is InChI=1S/C22H30N4O/c1-16(2)14-24-22(27)20-9-8-19(15-23-20)25-10-12-26(13-11-25)21-7-5-6-17(3)18(21)4/h5-9,15-16H,10-14H2,1-4H3,(H,24,27). The molecule has 5 heteroatoms. The molecular formula is C22H30N4O. The molecule has 5 nitrogen and oxygen atoms in total. The largest absolute Gasteiger partial charge is 0.368 e. The second-order valence-electron chi connectivity index (χ2n) is 7.70. The molecule has 0 aliphatic carbocycles. The zero-order chi connectivity index (χ0) is 19.4.